The number of fused-ring (bicyclic) bond motifs is 5. The topological polar surface area (TPSA) is 101 Å². The number of thiazole rings is 1. The third kappa shape index (κ3) is 3.81. The summed E-state index contributed by atoms with van der Waals surface area (Å²) in [4.78, 5) is 22.1. The van der Waals surface area contributed by atoms with Crippen molar-refractivity contribution in [3.05, 3.63) is 23.2 Å². The van der Waals surface area contributed by atoms with Gasteiger partial charge in [-0.15, -0.1) is 24.5 Å². The number of benzene rings is 1. The van der Waals surface area contributed by atoms with Crippen LogP contribution in [0.2, 0.25) is 0 Å². The number of hydrogen-bond donors (Lipinski definition) is 2. The van der Waals surface area contributed by atoms with Gasteiger partial charge in [-0.2, -0.15) is 4.98 Å². The van der Waals surface area contributed by atoms with Crippen molar-refractivity contribution < 1.29 is 32.2 Å². The molecule has 0 saturated carbocycles. The average molecular weight is 454 g/mol. The van der Waals surface area contributed by atoms with Gasteiger partial charge in [-0.05, 0) is 31.4 Å². The first-order chi connectivity index (χ1) is 14.8. The van der Waals surface area contributed by atoms with Gasteiger partial charge >= 0.3 is 12.3 Å². The molecule has 3 fully saturated rings. The van der Waals surface area contributed by atoms with Crippen LogP contribution >= 0.6 is 11.3 Å². The van der Waals surface area contributed by atoms with Crippen LogP contribution in [0, 0.1) is 5.92 Å². The molecule has 12 heteroatoms. The van der Waals surface area contributed by atoms with Crippen LogP contribution in [-0.4, -0.2) is 53.1 Å². The fraction of sp³-hybridized carbons (Fsp3) is 0.421. The van der Waals surface area contributed by atoms with Crippen molar-refractivity contribution in [2.75, 3.05) is 24.5 Å². The van der Waals surface area contributed by atoms with Crippen LogP contribution in [0.25, 0.3) is 21.7 Å². The number of aromatic nitrogens is 2. The van der Waals surface area contributed by atoms with Crippen molar-refractivity contribution in [1.29, 1.82) is 0 Å². The Morgan fingerprint density at radius 2 is 2.19 bits per heavy atom. The van der Waals surface area contributed by atoms with Gasteiger partial charge in [0.25, 0.3) is 6.01 Å². The molecule has 3 aromatic rings. The van der Waals surface area contributed by atoms with Gasteiger partial charge < -0.3 is 24.5 Å². The molecule has 3 saturated heterocycles. The van der Waals surface area contributed by atoms with Crippen LogP contribution in [-0.2, 0) is 0 Å². The molecule has 2 unspecified atom stereocenters. The number of halogens is 3. The first kappa shape index (κ1) is 20.1. The number of alkyl halides is 3. The second kappa shape index (κ2) is 7.38. The maximum atomic E-state index is 13.1. The highest BCUT2D eigenvalue weighted by Crippen LogP contribution is 2.42. The van der Waals surface area contributed by atoms with Crippen molar-refractivity contribution in [3.8, 4) is 16.3 Å². The minimum absolute atomic E-state index is 0.0127. The Morgan fingerprint density at radius 3 is 2.84 bits per heavy atom. The molecule has 3 aliphatic heterocycles. The molecule has 31 heavy (non-hydrogen) atoms. The smallest absolute Gasteiger partial charge is 0.478 e. The minimum Gasteiger partial charge on any atom is -0.478 e. The molecule has 0 radical (unpaired) electrons. The highest BCUT2D eigenvalue weighted by atomic mass is 32.1. The number of carboxylic acid groups (broad SMARTS) is 1. The number of aromatic carboxylic acids is 1. The second-order valence-corrected chi connectivity index (χ2v) is 8.51. The summed E-state index contributed by atoms with van der Waals surface area (Å²) in [6.45, 7) is 2.10. The lowest BCUT2D eigenvalue weighted by atomic mass is 9.97. The Bertz CT molecular complexity index is 1110. The van der Waals surface area contributed by atoms with E-state index in [-0.39, 0.29) is 28.7 Å². The number of nitrogens with zero attached hydrogens (tertiary/aromatic N) is 3. The zero-order valence-electron chi connectivity index (χ0n) is 16.0. The van der Waals surface area contributed by atoms with E-state index < -0.39 is 23.6 Å². The molecular weight excluding hydrogens is 437 g/mol. The molecule has 2 aromatic heterocycles. The first-order valence-corrected chi connectivity index (χ1v) is 10.5. The van der Waals surface area contributed by atoms with Crippen LogP contribution in [0.4, 0.5) is 19.2 Å². The van der Waals surface area contributed by atoms with Crippen LogP contribution in [0.3, 0.4) is 0 Å². The zero-order valence-corrected chi connectivity index (χ0v) is 16.8. The SMILES string of the molecule is O=C(O)c1cc(-c2nccs2)c2oc(N3CC4CCC(C3)NC4)nc2c1OC(F)(F)F. The first-order valence-electron chi connectivity index (χ1n) is 9.63. The molecule has 0 aliphatic carbocycles. The second-order valence-electron chi connectivity index (χ2n) is 7.62. The largest absolute Gasteiger partial charge is 0.573 e. The van der Waals surface area contributed by atoms with Crippen molar-refractivity contribution in [3.63, 3.8) is 0 Å². The number of hydrogen-bond acceptors (Lipinski definition) is 8. The molecule has 3 aliphatic rings. The molecule has 6 rings (SSSR count). The predicted molar refractivity (Wildman–Crippen MR) is 105 cm³/mol. The molecule has 164 valence electrons. The van der Waals surface area contributed by atoms with Crippen molar-refractivity contribution in [1.82, 2.24) is 15.3 Å². The Labute approximate surface area is 177 Å². The summed E-state index contributed by atoms with van der Waals surface area (Å²) in [6, 6.07) is 1.46. The Kier molecular flexibility index (Phi) is 4.77. The van der Waals surface area contributed by atoms with E-state index in [0.29, 0.717) is 24.0 Å². The molecule has 2 bridgehead atoms. The van der Waals surface area contributed by atoms with Crippen molar-refractivity contribution in [2.24, 2.45) is 5.92 Å². The van der Waals surface area contributed by atoms with Gasteiger partial charge in [-0.25, -0.2) is 9.78 Å². The third-order valence-corrected chi connectivity index (χ3v) is 6.33. The third-order valence-electron chi connectivity index (χ3n) is 5.53. The lowest BCUT2D eigenvalue weighted by Gasteiger charge is -2.22. The average Bonchev–Trinajstić information content (AvgIpc) is 3.30. The van der Waals surface area contributed by atoms with Crippen molar-refractivity contribution in [2.45, 2.75) is 25.2 Å². The van der Waals surface area contributed by atoms with E-state index in [1.807, 2.05) is 4.90 Å². The lowest BCUT2D eigenvalue weighted by Crippen LogP contribution is -2.39. The number of nitrogens with one attached hydrogen (secondary N) is 1. The fourth-order valence-electron chi connectivity index (χ4n) is 4.17. The highest BCUT2D eigenvalue weighted by molar-refractivity contribution is 7.13. The Hall–Kier alpha value is -2.86. The molecule has 1 aromatic carbocycles. The molecule has 8 nitrogen and oxygen atoms in total. The standard InChI is InChI=1S/C19H17F3N4O4S/c20-19(21,22)30-15-12(17(27)28)5-11(16-23-3-4-31-16)14-13(15)25-18(29-14)26-7-9-1-2-10(8-26)24-6-9/h3-5,9-10,24H,1-2,6-8H2,(H,27,28). The summed E-state index contributed by atoms with van der Waals surface area (Å²) >= 11 is 1.21. The lowest BCUT2D eigenvalue weighted by molar-refractivity contribution is -0.274. The molecule has 2 N–H and O–H groups in total. The van der Waals surface area contributed by atoms with Crippen LogP contribution < -0.4 is 15.0 Å². The number of anilines is 1. The summed E-state index contributed by atoms with van der Waals surface area (Å²) in [6.07, 6.45) is -1.53. The van der Waals surface area contributed by atoms with E-state index in [2.05, 4.69) is 20.0 Å². The van der Waals surface area contributed by atoms with E-state index in [4.69, 9.17) is 4.42 Å². The van der Waals surface area contributed by atoms with Crippen LogP contribution in [0.5, 0.6) is 5.75 Å². The van der Waals surface area contributed by atoms with Crippen molar-refractivity contribution >= 4 is 34.4 Å². The molecule has 2 atom stereocenters. The van der Waals surface area contributed by atoms with E-state index in [9.17, 15) is 23.1 Å². The minimum atomic E-state index is -5.09. The highest BCUT2D eigenvalue weighted by Gasteiger charge is 2.37. The van der Waals surface area contributed by atoms with E-state index in [1.165, 1.54) is 17.5 Å². The number of piperidine rings is 1. The number of carboxylic acids is 1. The summed E-state index contributed by atoms with van der Waals surface area (Å²) in [5.74, 6) is -2.09. The molecule has 0 spiro atoms. The summed E-state index contributed by atoms with van der Waals surface area (Å²) in [5.41, 5.74) is -0.681. The van der Waals surface area contributed by atoms with Crippen LogP contribution in [0.15, 0.2) is 22.1 Å². The monoisotopic (exact) mass is 454 g/mol. The quantitative estimate of drug-likeness (QED) is 0.615. The molecule has 5 heterocycles. The normalized spacial score (nSPS) is 21.5. The summed E-state index contributed by atoms with van der Waals surface area (Å²) in [7, 11) is 0. The van der Waals surface area contributed by atoms with Gasteiger partial charge in [-0.1, -0.05) is 0 Å². The van der Waals surface area contributed by atoms with E-state index >= 15 is 0 Å². The van der Waals surface area contributed by atoms with Gasteiger partial charge in [-0.3, -0.25) is 0 Å². The number of oxazole rings is 1. The maximum Gasteiger partial charge on any atom is 0.573 e. The van der Waals surface area contributed by atoms with Gasteiger partial charge in [0, 0.05) is 30.7 Å². The van der Waals surface area contributed by atoms with Gasteiger partial charge in [0.2, 0.25) is 0 Å². The number of rotatable bonds is 4. The fourth-order valence-corrected chi connectivity index (χ4v) is 4.82. The van der Waals surface area contributed by atoms with E-state index in [0.717, 1.165) is 25.5 Å². The van der Waals surface area contributed by atoms with Crippen LogP contribution in [0.1, 0.15) is 23.2 Å². The molecular formula is C19H17F3N4O4S. The van der Waals surface area contributed by atoms with Gasteiger partial charge in [0.15, 0.2) is 16.8 Å². The van der Waals surface area contributed by atoms with Gasteiger partial charge in [0.05, 0.1) is 5.56 Å². The van der Waals surface area contributed by atoms with Gasteiger partial charge in [0.1, 0.15) is 10.6 Å². The number of carbonyl (C=O) groups is 1. The number of ether oxygens (including phenoxy) is 1. The maximum absolute atomic E-state index is 13.1. The Balaban J connectivity index is 1.70. The Morgan fingerprint density at radius 1 is 1.35 bits per heavy atom. The summed E-state index contributed by atoms with van der Waals surface area (Å²) < 4.78 is 49.4. The van der Waals surface area contributed by atoms with E-state index in [1.54, 1.807) is 5.38 Å². The predicted octanol–water partition coefficient (Wildman–Crippen LogP) is 3.74. The zero-order chi connectivity index (χ0) is 21.8. The summed E-state index contributed by atoms with van der Waals surface area (Å²) in [5, 5.41) is 15.1. The molecule has 0 amide bonds.